The van der Waals surface area contributed by atoms with Crippen LogP contribution in [0.2, 0.25) is 5.02 Å². The van der Waals surface area contributed by atoms with Crippen molar-refractivity contribution in [2.24, 2.45) is 0 Å². The van der Waals surface area contributed by atoms with E-state index in [0.29, 0.717) is 36.0 Å². The summed E-state index contributed by atoms with van der Waals surface area (Å²) in [5, 5.41) is 13.9. The summed E-state index contributed by atoms with van der Waals surface area (Å²) < 4.78 is 11.2. The fourth-order valence-corrected chi connectivity index (χ4v) is 2.62. The van der Waals surface area contributed by atoms with Crippen LogP contribution in [0.4, 0.5) is 11.4 Å². The highest BCUT2D eigenvalue weighted by atomic mass is 35.5. The van der Waals surface area contributed by atoms with Crippen LogP contribution >= 0.6 is 11.6 Å². The number of carbonyl (C=O) groups is 1. The van der Waals surface area contributed by atoms with Crippen molar-refractivity contribution >= 4 is 28.9 Å². The minimum atomic E-state index is -0.515. The molecule has 0 spiro atoms. The number of nitro benzene ring substituents is 1. The number of rotatable bonds is 8. The summed E-state index contributed by atoms with van der Waals surface area (Å²) in [5.74, 6) is 0.311. The first kappa shape index (κ1) is 20.5. The van der Waals surface area contributed by atoms with Crippen molar-refractivity contribution in [1.82, 2.24) is 0 Å². The highest BCUT2D eigenvalue weighted by Gasteiger charge is 2.18. The monoisotopic (exact) mass is 392 g/mol. The van der Waals surface area contributed by atoms with Gasteiger partial charge in [0.05, 0.1) is 28.8 Å². The first-order valence-corrected chi connectivity index (χ1v) is 8.90. The summed E-state index contributed by atoms with van der Waals surface area (Å²) in [6, 6.07) is 7.31. The molecule has 0 radical (unpaired) electrons. The van der Waals surface area contributed by atoms with E-state index in [4.69, 9.17) is 21.1 Å². The average Bonchev–Trinajstić information content (AvgIpc) is 2.62. The second-order valence-corrected chi connectivity index (χ2v) is 6.18. The summed E-state index contributed by atoms with van der Waals surface area (Å²) in [6.45, 7) is 6.39. The van der Waals surface area contributed by atoms with E-state index in [1.54, 1.807) is 19.1 Å². The van der Waals surface area contributed by atoms with Crippen molar-refractivity contribution in [3.8, 4) is 11.5 Å². The summed E-state index contributed by atoms with van der Waals surface area (Å²) in [4.78, 5) is 23.1. The van der Waals surface area contributed by atoms with Crippen molar-refractivity contribution in [3.05, 3.63) is 56.6 Å². The third-order valence-corrected chi connectivity index (χ3v) is 3.98. The Balaban J connectivity index is 2.33. The predicted octanol–water partition coefficient (Wildman–Crippen LogP) is 5.00. The number of nitrogens with one attached hydrogen (secondary N) is 1. The van der Waals surface area contributed by atoms with Crippen molar-refractivity contribution in [2.45, 2.75) is 27.2 Å². The maximum Gasteiger partial charge on any atom is 0.271 e. The second-order valence-electron chi connectivity index (χ2n) is 5.78. The minimum Gasteiger partial charge on any atom is -0.490 e. The molecule has 0 unspecified atom stereocenters. The normalized spacial score (nSPS) is 10.4. The van der Waals surface area contributed by atoms with Crippen LogP contribution < -0.4 is 14.8 Å². The quantitative estimate of drug-likeness (QED) is 0.504. The molecule has 144 valence electrons. The summed E-state index contributed by atoms with van der Waals surface area (Å²) in [5.41, 5.74) is 1.22. The molecule has 1 N–H and O–H groups in total. The first-order valence-electron chi connectivity index (χ1n) is 8.52. The van der Waals surface area contributed by atoms with Gasteiger partial charge in [0.1, 0.15) is 0 Å². The van der Waals surface area contributed by atoms with Crippen LogP contribution in [0.25, 0.3) is 0 Å². The molecule has 2 aromatic rings. The lowest BCUT2D eigenvalue weighted by Crippen LogP contribution is -2.14. The Morgan fingerprint density at radius 1 is 1.22 bits per heavy atom. The number of non-ortho nitro benzene ring substituents is 1. The molecule has 0 saturated carbocycles. The molecule has 0 fully saturated rings. The molecule has 0 saturated heterocycles. The van der Waals surface area contributed by atoms with Crippen LogP contribution in [0.3, 0.4) is 0 Å². The Bertz CT molecular complexity index is 854. The standard InChI is InChI=1S/C19H21ClN2O5/c1-4-8-27-18-15(20)9-13(10-17(18)26-5-2)19(23)21-16-11-14(22(24)25)7-6-12(16)3/h6-7,9-11H,4-5,8H2,1-3H3,(H,21,23). The number of nitrogens with zero attached hydrogens (tertiary/aromatic N) is 1. The number of halogens is 1. The number of hydrogen-bond acceptors (Lipinski definition) is 5. The van der Waals surface area contributed by atoms with Gasteiger partial charge in [0, 0.05) is 17.7 Å². The number of nitro groups is 1. The van der Waals surface area contributed by atoms with Gasteiger partial charge in [-0.2, -0.15) is 0 Å². The van der Waals surface area contributed by atoms with Gasteiger partial charge in [-0.3, -0.25) is 14.9 Å². The van der Waals surface area contributed by atoms with Gasteiger partial charge in [-0.25, -0.2) is 0 Å². The van der Waals surface area contributed by atoms with E-state index in [-0.39, 0.29) is 16.3 Å². The van der Waals surface area contributed by atoms with Gasteiger partial charge in [0.15, 0.2) is 11.5 Å². The van der Waals surface area contributed by atoms with Crippen LogP contribution in [0.1, 0.15) is 36.2 Å². The van der Waals surface area contributed by atoms with Crippen LogP contribution in [0, 0.1) is 17.0 Å². The van der Waals surface area contributed by atoms with Crippen molar-refractivity contribution in [3.63, 3.8) is 0 Å². The first-order chi connectivity index (χ1) is 12.9. The average molecular weight is 393 g/mol. The SMILES string of the molecule is CCCOc1c(Cl)cc(C(=O)Nc2cc([N+](=O)[O-])ccc2C)cc1OCC. The van der Waals surface area contributed by atoms with E-state index in [1.807, 2.05) is 13.8 Å². The van der Waals surface area contributed by atoms with E-state index < -0.39 is 10.8 Å². The van der Waals surface area contributed by atoms with E-state index in [1.165, 1.54) is 18.2 Å². The van der Waals surface area contributed by atoms with Crippen molar-refractivity contribution < 1.29 is 19.2 Å². The van der Waals surface area contributed by atoms with Crippen molar-refractivity contribution in [1.29, 1.82) is 0 Å². The summed E-state index contributed by atoms with van der Waals surface area (Å²) in [7, 11) is 0. The largest absolute Gasteiger partial charge is 0.490 e. The number of hydrogen-bond donors (Lipinski definition) is 1. The fourth-order valence-electron chi connectivity index (χ4n) is 2.36. The molecular weight excluding hydrogens is 372 g/mol. The lowest BCUT2D eigenvalue weighted by molar-refractivity contribution is -0.384. The van der Waals surface area contributed by atoms with Crippen molar-refractivity contribution in [2.75, 3.05) is 18.5 Å². The zero-order chi connectivity index (χ0) is 20.0. The Hall–Kier alpha value is -2.80. The molecule has 0 aliphatic heterocycles. The number of aryl methyl sites for hydroxylation is 1. The van der Waals surface area contributed by atoms with E-state index in [2.05, 4.69) is 5.32 Å². The zero-order valence-electron chi connectivity index (χ0n) is 15.4. The van der Waals surface area contributed by atoms with Gasteiger partial charge in [-0.15, -0.1) is 0 Å². The molecule has 1 amide bonds. The lowest BCUT2D eigenvalue weighted by atomic mass is 10.1. The number of amides is 1. The molecule has 2 rings (SSSR count). The minimum absolute atomic E-state index is 0.104. The van der Waals surface area contributed by atoms with Gasteiger partial charge in [0.25, 0.3) is 11.6 Å². The molecular formula is C19H21ClN2O5. The molecule has 0 aliphatic rings. The molecule has 0 aromatic heterocycles. The van der Waals surface area contributed by atoms with E-state index in [9.17, 15) is 14.9 Å². The maximum absolute atomic E-state index is 12.6. The Labute approximate surface area is 162 Å². The van der Waals surface area contributed by atoms with Crippen LogP contribution in [0.15, 0.2) is 30.3 Å². The van der Waals surface area contributed by atoms with Crippen LogP contribution in [0.5, 0.6) is 11.5 Å². The van der Waals surface area contributed by atoms with Gasteiger partial charge in [-0.1, -0.05) is 24.6 Å². The molecule has 2 aromatic carbocycles. The Morgan fingerprint density at radius 2 is 1.96 bits per heavy atom. The third-order valence-electron chi connectivity index (χ3n) is 3.70. The number of ether oxygens (including phenoxy) is 2. The number of carbonyl (C=O) groups excluding carboxylic acids is 1. The molecule has 27 heavy (non-hydrogen) atoms. The Morgan fingerprint density at radius 3 is 2.59 bits per heavy atom. The molecule has 8 heteroatoms. The predicted molar refractivity (Wildman–Crippen MR) is 104 cm³/mol. The third kappa shape index (κ3) is 5.10. The second kappa shape index (κ2) is 9.23. The molecule has 7 nitrogen and oxygen atoms in total. The Kier molecular flexibility index (Phi) is 7.01. The van der Waals surface area contributed by atoms with Gasteiger partial charge in [-0.05, 0) is 38.0 Å². The highest BCUT2D eigenvalue weighted by Crippen LogP contribution is 2.37. The van der Waals surface area contributed by atoms with Crippen LogP contribution in [-0.2, 0) is 0 Å². The lowest BCUT2D eigenvalue weighted by Gasteiger charge is -2.15. The fraction of sp³-hybridized carbons (Fsp3) is 0.316. The number of anilines is 1. The molecule has 0 aliphatic carbocycles. The number of benzene rings is 2. The summed E-state index contributed by atoms with van der Waals surface area (Å²) >= 11 is 6.28. The molecule has 0 atom stereocenters. The van der Waals surface area contributed by atoms with E-state index >= 15 is 0 Å². The van der Waals surface area contributed by atoms with Gasteiger partial charge >= 0.3 is 0 Å². The smallest absolute Gasteiger partial charge is 0.271 e. The maximum atomic E-state index is 12.6. The van der Waals surface area contributed by atoms with E-state index in [0.717, 1.165) is 6.42 Å². The topological polar surface area (TPSA) is 90.7 Å². The van der Waals surface area contributed by atoms with Gasteiger partial charge in [0.2, 0.25) is 0 Å². The summed E-state index contributed by atoms with van der Waals surface area (Å²) in [6.07, 6.45) is 0.802. The molecule has 0 bridgehead atoms. The van der Waals surface area contributed by atoms with Crippen LogP contribution in [-0.4, -0.2) is 24.0 Å². The molecule has 0 heterocycles. The zero-order valence-corrected chi connectivity index (χ0v) is 16.1. The van der Waals surface area contributed by atoms with Gasteiger partial charge < -0.3 is 14.8 Å². The highest BCUT2D eigenvalue weighted by molar-refractivity contribution is 6.32.